The molecule has 2 rings (SSSR count). The van der Waals surface area contributed by atoms with Gasteiger partial charge in [0.05, 0.1) is 0 Å². The highest BCUT2D eigenvalue weighted by Crippen LogP contribution is 2.37. The molecule has 112 valence electrons. The van der Waals surface area contributed by atoms with Gasteiger partial charge in [0.25, 0.3) is 0 Å². The molecule has 1 aliphatic carbocycles. The second-order valence-electron chi connectivity index (χ2n) is 6.76. The summed E-state index contributed by atoms with van der Waals surface area (Å²) in [5, 5.41) is 3.71. The summed E-state index contributed by atoms with van der Waals surface area (Å²) >= 11 is 0. The molecule has 0 heterocycles. The zero-order valence-corrected chi connectivity index (χ0v) is 13.1. The molecule has 20 heavy (non-hydrogen) atoms. The van der Waals surface area contributed by atoms with Gasteiger partial charge in [0.15, 0.2) is 0 Å². The third-order valence-electron chi connectivity index (χ3n) is 4.66. The molecule has 1 nitrogen and oxygen atoms in total. The van der Waals surface area contributed by atoms with Crippen molar-refractivity contribution in [2.24, 2.45) is 5.92 Å². The van der Waals surface area contributed by atoms with Gasteiger partial charge in [-0.2, -0.15) is 0 Å². The van der Waals surface area contributed by atoms with Crippen LogP contribution < -0.4 is 5.32 Å². The summed E-state index contributed by atoms with van der Waals surface area (Å²) in [6, 6.07) is 7.50. The highest BCUT2D eigenvalue weighted by atomic mass is 19.1. The van der Waals surface area contributed by atoms with E-state index in [1.165, 1.54) is 31.2 Å². The van der Waals surface area contributed by atoms with Crippen molar-refractivity contribution >= 4 is 0 Å². The molecule has 1 aromatic carbocycles. The molecule has 1 unspecified atom stereocenters. The van der Waals surface area contributed by atoms with Gasteiger partial charge in [0.1, 0.15) is 5.82 Å². The maximum Gasteiger partial charge on any atom is 0.123 e. The number of halogens is 1. The first-order chi connectivity index (χ1) is 9.54. The van der Waals surface area contributed by atoms with E-state index in [2.05, 4.69) is 26.1 Å². The maximum absolute atomic E-state index is 13.1. The van der Waals surface area contributed by atoms with Crippen molar-refractivity contribution < 1.29 is 4.39 Å². The van der Waals surface area contributed by atoms with E-state index < -0.39 is 0 Å². The molecule has 0 radical (unpaired) electrons. The van der Waals surface area contributed by atoms with Gasteiger partial charge in [-0.05, 0) is 49.4 Å². The van der Waals surface area contributed by atoms with Crippen LogP contribution in [-0.4, -0.2) is 12.6 Å². The van der Waals surface area contributed by atoms with E-state index >= 15 is 0 Å². The van der Waals surface area contributed by atoms with Gasteiger partial charge < -0.3 is 5.32 Å². The number of benzene rings is 1. The van der Waals surface area contributed by atoms with Crippen LogP contribution in [0.5, 0.6) is 0 Å². The fraction of sp³-hybridized carbons (Fsp3) is 0.667. The van der Waals surface area contributed by atoms with Crippen molar-refractivity contribution in [3.05, 3.63) is 35.6 Å². The Hall–Kier alpha value is -0.890. The molecule has 0 bridgehead atoms. The Morgan fingerprint density at radius 2 is 1.90 bits per heavy atom. The zero-order valence-electron chi connectivity index (χ0n) is 13.1. The average molecular weight is 277 g/mol. The second kappa shape index (κ2) is 6.71. The number of rotatable bonds is 8. The van der Waals surface area contributed by atoms with Gasteiger partial charge in [-0.15, -0.1) is 0 Å². The predicted octanol–water partition coefficient (Wildman–Crippen LogP) is 4.66. The lowest BCUT2D eigenvalue weighted by Crippen LogP contribution is -2.45. The van der Waals surface area contributed by atoms with Crippen molar-refractivity contribution in [1.29, 1.82) is 0 Å². The summed E-state index contributed by atoms with van der Waals surface area (Å²) < 4.78 is 13.1. The highest BCUT2D eigenvalue weighted by Gasteiger charge is 2.32. The summed E-state index contributed by atoms with van der Waals surface area (Å²) in [6.45, 7) is 7.82. The van der Waals surface area contributed by atoms with Crippen molar-refractivity contribution in [1.82, 2.24) is 5.32 Å². The van der Waals surface area contributed by atoms with E-state index in [0.29, 0.717) is 6.04 Å². The Balaban J connectivity index is 2.07. The lowest BCUT2D eigenvalue weighted by atomic mass is 9.75. The second-order valence-corrected chi connectivity index (χ2v) is 6.76. The third-order valence-corrected chi connectivity index (χ3v) is 4.66. The normalized spacial score (nSPS) is 17.2. The van der Waals surface area contributed by atoms with E-state index in [-0.39, 0.29) is 11.2 Å². The lowest BCUT2D eigenvalue weighted by molar-refractivity contribution is 0.312. The Morgan fingerprint density at radius 1 is 1.25 bits per heavy atom. The standard InChI is InChI=1S/C18H28FN/c1-4-13-20-17(12-7-14-5-6-14)18(2,3)15-8-10-16(19)11-9-15/h8-11,14,17,20H,4-7,12-13H2,1-3H3. The fourth-order valence-electron chi connectivity index (χ4n) is 2.93. The molecule has 0 aromatic heterocycles. The highest BCUT2D eigenvalue weighted by molar-refractivity contribution is 5.26. The van der Waals surface area contributed by atoms with Gasteiger partial charge in [-0.3, -0.25) is 0 Å². The first kappa shape index (κ1) is 15.5. The summed E-state index contributed by atoms with van der Waals surface area (Å²) in [7, 11) is 0. The zero-order chi connectivity index (χ0) is 14.6. The van der Waals surface area contributed by atoms with Crippen LogP contribution >= 0.6 is 0 Å². The predicted molar refractivity (Wildman–Crippen MR) is 83.5 cm³/mol. The third kappa shape index (κ3) is 4.05. The Kier molecular flexibility index (Phi) is 5.20. The van der Waals surface area contributed by atoms with Crippen LogP contribution in [0.25, 0.3) is 0 Å². The smallest absolute Gasteiger partial charge is 0.123 e. The van der Waals surface area contributed by atoms with E-state index in [9.17, 15) is 4.39 Å². The summed E-state index contributed by atoms with van der Waals surface area (Å²) in [5.74, 6) is 0.811. The quantitative estimate of drug-likeness (QED) is 0.728. The van der Waals surface area contributed by atoms with Crippen LogP contribution in [0.2, 0.25) is 0 Å². The molecule has 1 atom stereocenters. The SMILES string of the molecule is CCCNC(CCC1CC1)C(C)(C)c1ccc(F)cc1. The molecule has 0 aliphatic heterocycles. The summed E-state index contributed by atoms with van der Waals surface area (Å²) in [5.41, 5.74) is 1.26. The number of hydrogen-bond acceptors (Lipinski definition) is 1. The van der Waals surface area contributed by atoms with E-state index in [1.54, 1.807) is 12.1 Å². The fourth-order valence-corrected chi connectivity index (χ4v) is 2.93. The van der Waals surface area contributed by atoms with Crippen LogP contribution in [-0.2, 0) is 5.41 Å². The van der Waals surface area contributed by atoms with Crippen LogP contribution in [0.15, 0.2) is 24.3 Å². The van der Waals surface area contributed by atoms with Crippen molar-refractivity contribution in [3.8, 4) is 0 Å². The van der Waals surface area contributed by atoms with Crippen LogP contribution in [0.3, 0.4) is 0 Å². The molecule has 1 N–H and O–H groups in total. The van der Waals surface area contributed by atoms with Crippen LogP contribution in [0.1, 0.15) is 58.4 Å². The molecule has 1 aliphatic rings. The van der Waals surface area contributed by atoms with Crippen molar-refractivity contribution in [3.63, 3.8) is 0 Å². The molecule has 1 fully saturated rings. The molecule has 1 aromatic rings. The van der Waals surface area contributed by atoms with Gasteiger partial charge in [0.2, 0.25) is 0 Å². The minimum Gasteiger partial charge on any atom is -0.313 e. The lowest BCUT2D eigenvalue weighted by Gasteiger charge is -2.36. The Labute approximate surface area is 123 Å². The molecule has 2 heteroatoms. The van der Waals surface area contributed by atoms with Gasteiger partial charge in [-0.25, -0.2) is 4.39 Å². The Morgan fingerprint density at radius 3 is 2.45 bits per heavy atom. The van der Waals surface area contributed by atoms with Crippen LogP contribution in [0, 0.1) is 11.7 Å². The molecular weight excluding hydrogens is 249 g/mol. The number of hydrogen-bond donors (Lipinski definition) is 1. The molecule has 0 amide bonds. The Bertz CT molecular complexity index is 406. The minimum absolute atomic E-state index is 0.0394. The number of nitrogens with one attached hydrogen (secondary N) is 1. The van der Waals surface area contributed by atoms with Crippen LogP contribution in [0.4, 0.5) is 4.39 Å². The van der Waals surface area contributed by atoms with E-state index in [4.69, 9.17) is 0 Å². The molecular formula is C18H28FN. The molecule has 0 saturated heterocycles. The minimum atomic E-state index is -0.152. The van der Waals surface area contributed by atoms with Gasteiger partial charge >= 0.3 is 0 Å². The topological polar surface area (TPSA) is 12.0 Å². The van der Waals surface area contributed by atoms with Gasteiger partial charge in [0, 0.05) is 11.5 Å². The van der Waals surface area contributed by atoms with E-state index in [0.717, 1.165) is 18.9 Å². The molecule has 1 saturated carbocycles. The monoisotopic (exact) mass is 277 g/mol. The average Bonchev–Trinajstić information content (AvgIpc) is 3.23. The van der Waals surface area contributed by atoms with Gasteiger partial charge in [-0.1, -0.05) is 45.7 Å². The van der Waals surface area contributed by atoms with E-state index in [1.807, 2.05) is 12.1 Å². The van der Waals surface area contributed by atoms with Crippen molar-refractivity contribution in [2.75, 3.05) is 6.54 Å². The first-order valence-electron chi connectivity index (χ1n) is 8.03. The molecule has 0 spiro atoms. The summed E-state index contributed by atoms with van der Waals surface area (Å²) in [6.07, 6.45) is 6.52. The van der Waals surface area contributed by atoms with Crippen molar-refractivity contribution in [2.45, 2.75) is 64.3 Å². The largest absolute Gasteiger partial charge is 0.313 e. The maximum atomic E-state index is 13.1. The summed E-state index contributed by atoms with van der Waals surface area (Å²) in [4.78, 5) is 0. The first-order valence-corrected chi connectivity index (χ1v) is 8.03.